The summed E-state index contributed by atoms with van der Waals surface area (Å²) in [4.78, 5) is 12.0. The maximum Gasteiger partial charge on any atom is 0.223 e. The fraction of sp³-hybridized carbons (Fsp3) is 0.263. The fourth-order valence-electron chi connectivity index (χ4n) is 2.24. The lowest BCUT2D eigenvalue weighted by molar-refractivity contribution is -0.122. The number of ether oxygens (including phenoxy) is 2. The highest BCUT2D eigenvalue weighted by molar-refractivity contribution is 5.76. The number of methoxy groups -OCH3 is 1. The van der Waals surface area contributed by atoms with Crippen LogP contribution in [0.15, 0.2) is 48.5 Å². The number of amides is 1. The number of nitrogens with one attached hydrogen (secondary N) is 1. The van der Waals surface area contributed by atoms with Crippen molar-refractivity contribution < 1.29 is 14.3 Å². The zero-order valence-corrected chi connectivity index (χ0v) is 13.8. The lowest BCUT2D eigenvalue weighted by Crippen LogP contribution is -2.27. The van der Waals surface area contributed by atoms with Gasteiger partial charge in [0.15, 0.2) is 11.5 Å². The van der Waals surface area contributed by atoms with E-state index in [0.717, 1.165) is 5.56 Å². The Labute approximate surface area is 141 Å². The third kappa shape index (κ3) is 4.75. The molecular weight excluding hydrogens is 304 g/mol. The van der Waals surface area contributed by atoms with Crippen LogP contribution in [-0.4, -0.2) is 19.6 Å². The van der Waals surface area contributed by atoms with E-state index in [2.05, 4.69) is 11.4 Å². The maximum atomic E-state index is 12.0. The number of hydrogen-bond donors (Lipinski definition) is 1. The van der Waals surface area contributed by atoms with E-state index in [4.69, 9.17) is 14.7 Å². The van der Waals surface area contributed by atoms with E-state index < -0.39 is 0 Å². The SMILES string of the molecule is COc1ccccc1OCCC(=O)NC(C)c1ccc(C#N)cc1. The van der Waals surface area contributed by atoms with Crippen molar-refractivity contribution in [1.82, 2.24) is 5.32 Å². The molecule has 0 spiro atoms. The van der Waals surface area contributed by atoms with Crippen LogP contribution in [0.25, 0.3) is 0 Å². The first-order chi connectivity index (χ1) is 11.6. The summed E-state index contributed by atoms with van der Waals surface area (Å²) in [6, 6.07) is 16.4. The van der Waals surface area contributed by atoms with Gasteiger partial charge in [0.05, 0.1) is 37.8 Å². The normalized spacial score (nSPS) is 11.2. The van der Waals surface area contributed by atoms with Crippen molar-refractivity contribution in [2.75, 3.05) is 13.7 Å². The molecule has 2 rings (SSSR count). The average Bonchev–Trinajstić information content (AvgIpc) is 2.62. The van der Waals surface area contributed by atoms with Gasteiger partial charge in [0.25, 0.3) is 0 Å². The minimum Gasteiger partial charge on any atom is -0.493 e. The summed E-state index contributed by atoms with van der Waals surface area (Å²) >= 11 is 0. The molecule has 0 radical (unpaired) electrons. The molecule has 1 N–H and O–H groups in total. The summed E-state index contributed by atoms with van der Waals surface area (Å²) < 4.78 is 10.8. The van der Waals surface area contributed by atoms with Gasteiger partial charge in [0.2, 0.25) is 5.91 Å². The minimum absolute atomic E-state index is 0.0956. The number of para-hydroxylation sites is 2. The van der Waals surface area contributed by atoms with Gasteiger partial charge in [0, 0.05) is 0 Å². The van der Waals surface area contributed by atoms with Crippen LogP contribution >= 0.6 is 0 Å². The molecule has 124 valence electrons. The molecule has 0 aliphatic rings. The van der Waals surface area contributed by atoms with Gasteiger partial charge in [-0.2, -0.15) is 5.26 Å². The minimum atomic E-state index is -0.128. The lowest BCUT2D eigenvalue weighted by Gasteiger charge is -2.15. The van der Waals surface area contributed by atoms with E-state index >= 15 is 0 Å². The van der Waals surface area contributed by atoms with Gasteiger partial charge in [-0.1, -0.05) is 24.3 Å². The lowest BCUT2D eigenvalue weighted by atomic mass is 10.1. The summed E-state index contributed by atoms with van der Waals surface area (Å²) in [5.41, 5.74) is 1.55. The second-order valence-electron chi connectivity index (χ2n) is 5.27. The first-order valence-electron chi connectivity index (χ1n) is 7.69. The smallest absolute Gasteiger partial charge is 0.223 e. The molecular formula is C19H20N2O3. The second-order valence-corrected chi connectivity index (χ2v) is 5.27. The number of benzene rings is 2. The summed E-state index contributed by atoms with van der Waals surface area (Å²) in [6.45, 7) is 2.17. The number of rotatable bonds is 7. The quantitative estimate of drug-likeness (QED) is 0.849. The van der Waals surface area contributed by atoms with E-state index in [1.807, 2.05) is 37.3 Å². The van der Waals surface area contributed by atoms with Crippen molar-refractivity contribution in [2.45, 2.75) is 19.4 Å². The summed E-state index contributed by atoms with van der Waals surface area (Å²) in [5, 5.41) is 11.7. The van der Waals surface area contributed by atoms with Gasteiger partial charge in [-0.25, -0.2) is 0 Å². The van der Waals surface area contributed by atoms with Crippen molar-refractivity contribution in [3.05, 3.63) is 59.7 Å². The second kappa shape index (κ2) is 8.59. The number of hydrogen-bond acceptors (Lipinski definition) is 4. The molecule has 1 amide bonds. The number of carbonyl (C=O) groups is 1. The Bertz CT molecular complexity index is 720. The van der Waals surface area contributed by atoms with Crippen molar-refractivity contribution in [3.63, 3.8) is 0 Å². The van der Waals surface area contributed by atoms with E-state index in [-0.39, 0.29) is 25.0 Å². The molecule has 0 fully saturated rings. The molecule has 0 bridgehead atoms. The monoisotopic (exact) mass is 324 g/mol. The van der Waals surface area contributed by atoms with Gasteiger partial charge in [-0.15, -0.1) is 0 Å². The molecule has 5 heteroatoms. The third-order valence-corrected chi connectivity index (χ3v) is 3.57. The van der Waals surface area contributed by atoms with Crippen LogP contribution in [0.5, 0.6) is 11.5 Å². The van der Waals surface area contributed by atoms with E-state index in [1.54, 1.807) is 25.3 Å². The van der Waals surface area contributed by atoms with Gasteiger partial charge >= 0.3 is 0 Å². The van der Waals surface area contributed by atoms with Crippen LogP contribution < -0.4 is 14.8 Å². The molecule has 1 atom stereocenters. The van der Waals surface area contributed by atoms with Crippen molar-refractivity contribution in [1.29, 1.82) is 5.26 Å². The van der Waals surface area contributed by atoms with Crippen molar-refractivity contribution in [2.24, 2.45) is 0 Å². The topological polar surface area (TPSA) is 71.3 Å². The highest BCUT2D eigenvalue weighted by Crippen LogP contribution is 2.25. The molecule has 24 heavy (non-hydrogen) atoms. The summed E-state index contributed by atoms with van der Waals surface area (Å²) in [7, 11) is 1.58. The van der Waals surface area contributed by atoms with E-state index in [9.17, 15) is 4.79 Å². The Morgan fingerprint density at radius 1 is 1.17 bits per heavy atom. The standard InChI is InChI=1S/C19H20N2O3/c1-14(16-9-7-15(13-20)8-10-16)21-19(22)11-12-24-18-6-4-3-5-17(18)23-2/h3-10,14H,11-12H2,1-2H3,(H,21,22). The highest BCUT2D eigenvalue weighted by atomic mass is 16.5. The van der Waals surface area contributed by atoms with Crippen molar-refractivity contribution in [3.8, 4) is 17.6 Å². The van der Waals surface area contributed by atoms with Crippen LogP contribution in [0.1, 0.15) is 30.5 Å². The van der Waals surface area contributed by atoms with Gasteiger partial charge in [-0.3, -0.25) is 4.79 Å². The Hall–Kier alpha value is -3.00. The number of nitriles is 1. The zero-order valence-electron chi connectivity index (χ0n) is 13.8. The van der Waals surface area contributed by atoms with Crippen LogP contribution in [0, 0.1) is 11.3 Å². The molecule has 0 aliphatic carbocycles. The predicted octanol–water partition coefficient (Wildman–Crippen LogP) is 3.21. The Kier molecular flexibility index (Phi) is 6.21. The molecule has 0 saturated heterocycles. The van der Waals surface area contributed by atoms with Crippen molar-refractivity contribution >= 4 is 5.91 Å². The first kappa shape index (κ1) is 17.4. The Morgan fingerprint density at radius 2 is 1.83 bits per heavy atom. The fourth-order valence-corrected chi connectivity index (χ4v) is 2.24. The van der Waals surface area contributed by atoms with Gasteiger partial charge in [0.1, 0.15) is 0 Å². The highest BCUT2D eigenvalue weighted by Gasteiger charge is 2.10. The predicted molar refractivity (Wildman–Crippen MR) is 90.8 cm³/mol. The first-order valence-corrected chi connectivity index (χ1v) is 7.69. The molecule has 2 aromatic carbocycles. The van der Waals surface area contributed by atoms with Crippen LogP contribution in [0.2, 0.25) is 0 Å². The van der Waals surface area contributed by atoms with Gasteiger partial charge < -0.3 is 14.8 Å². The average molecular weight is 324 g/mol. The molecule has 5 nitrogen and oxygen atoms in total. The number of nitrogens with zero attached hydrogens (tertiary/aromatic N) is 1. The molecule has 0 aromatic heterocycles. The summed E-state index contributed by atoms with van der Waals surface area (Å²) in [5.74, 6) is 1.17. The van der Waals surface area contributed by atoms with Crippen LogP contribution in [0.4, 0.5) is 0 Å². The maximum absolute atomic E-state index is 12.0. The molecule has 0 aliphatic heterocycles. The third-order valence-electron chi connectivity index (χ3n) is 3.57. The summed E-state index contributed by atoms with van der Waals surface area (Å²) in [6.07, 6.45) is 0.249. The number of carbonyl (C=O) groups excluding carboxylic acids is 1. The van der Waals surface area contributed by atoms with Gasteiger partial charge in [-0.05, 0) is 36.8 Å². The molecule has 1 unspecified atom stereocenters. The molecule has 2 aromatic rings. The van der Waals surface area contributed by atoms with Crippen LogP contribution in [0.3, 0.4) is 0 Å². The Morgan fingerprint density at radius 3 is 2.46 bits per heavy atom. The molecule has 0 heterocycles. The zero-order chi connectivity index (χ0) is 17.4. The Balaban J connectivity index is 1.81. The van der Waals surface area contributed by atoms with E-state index in [0.29, 0.717) is 17.1 Å². The molecule has 0 saturated carbocycles. The van der Waals surface area contributed by atoms with Crippen LogP contribution in [-0.2, 0) is 4.79 Å². The largest absolute Gasteiger partial charge is 0.493 e. The van der Waals surface area contributed by atoms with E-state index in [1.165, 1.54) is 0 Å².